The summed E-state index contributed by atoms with van der Waals surface area (Å²) in [5, 5.41) is 5.32. The van der Waals surface area contributed by atoms with Crippen molar-refractivity contribution in [1.29, 1.82) is 0 Å². The average Bonchev–Trinajstić information content (AvgIpc) is 3.20. The second-order valence-corrected chi connectivity index (χ2v) is 8.70. The maximum Gasteiger partial charge on any atom is 0.329 e. The molecule has 2 aromatic carbocycles. The fourth-order valence-corrected chi connectivity index (χ4v) is 4.29. The minimum atomic E-state index is -0.612. The molecule has 0 aliphatic carbocycles. The van der Waals surface area contributed by atoms with Crippen LogP contribution in [-0.4, -0.2) is 33.9 Å². The number of para-hydroxylation sites is 1. The molecule has 0 radical (unpaired) electrons. The Labute approximate surface area is 199 Å². The van der Waals surface area contributed by atoms with Gasteiger partial charge in [-0.25, -0.2) is 9.69 Å². The van der Waals surface area contributed by atoms with E-state index in [9.17, 15) is 14.4 Å². The Kier molecular flexibility index (Phi) is 6.11. The summed E-state index contributed by atoms with van der Waals surface area (Å²) < 4.78 is 2.16. The van der Waals surface area contributed by atoms with Gasteiger partial charge in [0.25, 0.3) is 5.91 Å². The van der Waals surface area contributed by atoms with E-state index in [0.717, 1.165) is 44.2 Å². The average molecular weight is 457 g/mol. The van der Waals surface area contributed by atoms with Crippen molar-refractivity contribution in [1.82, 2.24) is 14.8 Å². The van der Waals surface area contributed by atoms with Gasteiger partial charge in [0.05, 0.1) is 5.69 Å². The van der Waals surface area contributed by atoms with Crippen LogP contribution in [0, 0.1) is 34.6 Å². The Balaban J connectivity index is 1.56. The number of nitrogens with zero attached hydrogens (tertiary/aromatic N) is 2. The zero-order chi connectivity index (χ0) is 24.6. The molecule has 2 N–H and O–H groups in total. The van der Waals surface area contributed by atoms with E-state index in [0.29, 0.717) is 5.69 Å². The first-order valence-electron chi connectivity index (χ1n) is 11.1. The van der Waals surface area contributed by atoms with Crippen molar-refractivity contribution in [3.05, 3.63) is 87.9 Å². The van der Waals surface area contributed by atoms with Gasteiger partial charge in [0, 0.05) is 17.1 Å². The molecule has 0 bridgehead atoms. The number of urea groups is 1. The van der Waals surface area contributed by atoms with Gasteiger partial charge in [-0.1, -0.05) is 35.9 Å². The van der Waals surface area contributed by atoms with Gasteiger partial charge in [-0.3, -0.25) is 9.59 Å². The lowest BCUT2D eigenvalue weighted by Crippen LogP contribution is -2.38. The summed E-state index contributed by atoms with van der Waals surface area (Å²) in [7, 11) is 0. The Morgan fingerprint density at radius 3 is 2.26 bits per heavy atom. The summed E-state index contributed by atoms with van der Waals surface area (Å²) in [6, 6.07) is 14.8. The van der Waals surface area contributed by atoms with Crippen LogP contribution >= 0.6 is 0 Å². The van der Waals surface area contributed by atoms with Crippen LogP contribution in [0.4, 0.5) is 10.5 Å². The molecule has 1 aromatic heterocycles. The SMILES string of the molecule is Cc1ccc(NC(=O)CN2C(=O)N/C(=C/c3cc(C)n(-c4c(C)cccc4C)c3C)C2=O)cc1. The second kappa shape index (κ2) is 9.02. The second-order valence-electron chi connectivity index (χ2n) is 8.70. The van der Waals surface area contributed by atoms with Crippen molar-refractivity contribution in [3.63, 3.8) is 0 Å². The highest BCUT2D eigenvalue weighted by Gasteiger charge is 2.35. The molecule has 7 nitrogen and oxygen atoms in total. The number of rotatable bonds is 5. The van der Waals surface area contributed by atoms with Gasteiger partial charge in [0.15, 0.2) is 0 Å². The lowest BCUT2D eigenvalue weighted by Gasteiger charge is -2.15. The number of amides is 4. The molecule has 174 valence electrons. The first kappa shape index (κ1) is 23.0. The maximum absolute atomic E-state index is 12.9. The number of anilines is 1. The fraction of sp³-hybridized carbons (Fsp3) is 0.222. The molecule has 0 atom stereocenters. The van der Waals surface area contributed by atoms with Crippen LogP contribution in [-0.2, 0) is 9.59 Å². The molecule has 1 aliphatic heterocycles. The molecule has 1 aliphatic rings. The summed E-state index contributed by atoms with van der Waals surface area (Å²) in [6.45, 7) is 9.72. The number of carbonyl (C=O) groups excluding carboxylic acids is 3. The lowest BCUT2D eigenvalue weighted by atomic mass is 10.1. The maximum atomic E-state index is 12.9. The fourth-order valence-electron chi connectivity index (χ4n) is 4.29. The van der Waals surface area contributed by atoms with Crippen molar-refractivity contribution < 1.29 is 14.4 Å². The van der Waals surface area contributed by atoms with Gasteiger partial charge in [-0.15, -0.1) is 0 Å². The smallest absolute Gasteiger partial charge is 0.325 e. The highest BCUT2D eigenvalue weighted by Crippen LogP contribution is 2.27. The topological polar surface area (TPSA) is 83.4 Å². The van der Waals surface area contributed by atoms with Crippen LogP contribution in [0.3, 0.4) is 0 Å². The molecule has 1 fully saturated rings. The van der Waals surface area contributed by atoms with Crippen LogP contribution in [0.25, 0.3) is 11.8 Å². The quantitative estimate of drug-likeness (QED) is 0.436. The molecule has 3 aromatic rings. The molecule has 7 heteroatoms. The summed E-state index contributed by atoms with van der Waals surface area (Å²) in [4.78, 5) is 38.7. The van der Waals surface area contributed by atoms with Crippen molar-refractivity contribution in [2.45, 2.75) is 34.6 Å². The van der Waals surface area contributed by atoms with Crippen LogP contribution < -0.4 is 10.6 Å². The third kappa shape index (κ3) is 4.37. The number of nitrogens with one attached hydrogen (secondary N) is 2. The molecule has 34 heavy (non-hydrogen) atoms. The lowest BCUT2D eigenvalue weighted by molar-refractivity contribution is -0.127. The Morgan fingerprint density at radius 2 is 1.62 bits per heavy atom. The summed E-state index contributed by atoms with van der Waals surface area (Å²) in [5.41, 5.74) is 8.04. The van der Waals surface area contributed by atoms with E-state index in [1.165, 1.54) is 0 Å². The van der Waals surface area contributed by atoms with E-state index in [1.54, 1.807) is 18.2 Å². The minimum absolute atomic E-state index is 0.148. The molecule has 0 saturated carbocycles. The third-order valence-corrected chi connectivity index (χ3v) is 6.03. The zero-order valence-corrected chi connectivity index (χ0v) is 20.0. The van der Waals surface area contributed by atoms with E-state index in [-0.39, 0.29) is 12.2 Å². The highest BCUT2D eigenvalue weighted by molar-refractivity contribution is 6.16. The monoisotopic (exact) mass is 456 g/mol. The predicted octanol–water partition coefficient (Wildman–Crippen LogP) is 4.55. The van der Waals surface area contributed by atoms with Gasteiger partial charge in [-0.05, 0) is 75.6 Å². The molecule has 0 unspecified atom stereocenters. The standard InChI is InChI=1S/C27H28N4O3/c1-16-9-11-22(12-10-16)28-24(32)15-30-26(33)23(29-27(30)34)14-21-13-19(4)31(20(21)5)25-17(2)7-6-8-18(25)3/h6-14H,15H2,1-5H3,(H,28,32)(H,29,34)/b23-14+. The van der Waals surface area contributed by atoms with Crippen molar-refractivity contribution in [2.75, 3.05) is 11.9 Å². The third-order valence-electron chi connectivity index (χ3n) is 6.03. The minimum Gasteiger partial charge on any atom is -0.325 e. The molecular weight excluding hydrogens is 428 g/mol. The van der Waals surface area contributed by atoms with Gasteiger partial charge in [0.1, 0.15) is 12.2 Å². The normalized spacial score (nSPS) is 14.6. The van der Waals surface area contributed by atoms with E-state index in [4.69, 9.17) is 0 Å². The van der Waals surface area contributed by atoms with Gasteiger partial charge < -0.3 is 15.2 Å². The number of aryl methyl sites for hydroxylation is 4. The van der Waals surface area contributed by atoms with E-state index in [1.807, 2.05) is 45.0 Å². The molecule has 2 heterocycles. The number of aromatic nitrogens is 1. The molecule has 0 spiro atoms. The first-order valence-corrected chi connectivity index (χ1v) is 11.1. The van der Waals surface area contributed by atoms with E-state index in [2.05, 4.69) is 41.2 Å². The summed E-state index contributed by atoms with van der Waals surface area (Å²) in [5.74, 6) is -0.970. The predicted molar refractivity (Wildman–Crippen MR) is 133 cm³/mol. The van der Waals surface area contributed by atoms with Crippen molar-refractivity contribution in [3.8, 4) is 5.69 Å². The van der Waals surface area contributed by atoms with Crippen LogP contribution in [0.5, 0.6) is 0 Å². The highest BCUT2D eigenvalue weighted by atomic mass is 16.2. The van der Waals surface area contributed by atoms with Crippen LogP contribution in [0.1, 0.15) is 33.6 Å². The van der Waals surface area contributed by atoms with Crippen molar-refractivity contribution in [2.24, 2.45) is 0 Å². The summed E-state index contributed by atoms with van der Waals surface area (Å²) >= 11 is 0. The van der Waals surface area contributed by atoms with Crippen LogP contribution in [0.15, 0.2) is 54.2 Å². The van der Waals surface area contributed by atoms with E-state index >= 15 is 0 Å². The number of carbonyl (C=O) groups is 3. The largest absolute Gasteiger partial charge is 0.329 e. The van der Waals surface area contributed by atoms with Crippen molar-refractivity contribution >= 4 is 29.6 Å². The Morgan fingerprint density at radius 1 is 0.971 bits per heavy atom. The first-order chi connectivity index (χ1) is 16.2. The number of hydrogen-bond acceptors (Lipinski definition) is 3. The number of imide groups is 1. The molecule has 1 saturated heterocycles. The van der Waals surface area contributed by atoms with E-state index < -0.39 is 17.8 Å². The number of benzene rings is 2. The number of hydrogen-bond donors (Lipinski definition) is 2. The van der Waals surface area contributed by atoms with Gasteiger partial charge in [0.2, 0.25) is 5.91 Å². The molecule has 4 amide bonds. The Hall–Kier alpha value is -4.13. The van der Waals surface area contributed by atoms with Crippen LogP contribution in [0.2, 0.25) is 0 Å². The molecular formula is C27H28N4O3. The van der Waals surface area contributed by atoms with Gasteiger partial charge >= 0.3 is 6.03 Å². The summed E-state index contributed by atoms with van der Waals surface area (Å²) in [6.07, 6.45) is 1.67. The Bertz CT molecular complexity index is 1310. The van der Waals surface area contributed by atoms with Gasteiger partial charge in [-0.2, -0.15) is 0 Å². The zero-order valence-electron chi connectivity index (χ0n) is 20.0. The molecule has 4 rings (SSSR count).